The number of hydrogen-bond donors (Lipinski definition) is 1. The van der Waals surface area contributed by atoms with Gasteiger partial charge in [-0.15, -0.1) is 0 Å². The highest BCUT2D eigenvalue weighted by atomic mass is 19.2. The summed E-state index contributed by atoms with van der Waals surface area (Å²) >= 11 is 0. The zero-order valence-electron chi connectivity index (χ0n) is 9.24. The molecule has 90 valence electrons. The summed E-state index contributed by atoms with van der Waals surface area (Å²) in [5.41, 5.74) is 6.16. The number of nitrogens with two attached hydrogens (primary N) is 1. The van der Waals surface area contributed by atoms with E-state index in [0.29, 0.717) is 25.1 Å². The molecule has 0 bridgehead atoms. The van der Waals surface area contributed by atoms with Crippen molar-refractivity contribution >= 4 is 0 Å². The van der Waals surface area contributed by atoms with E-state index in [1.807, 2.05) is 4.57 Å². The van der Waals surface area contributed by atoms with Gasteiger partial charge in [-0.3, -0.25) is 0 Å². The van der Waals surface area contributed by atoms with Crippen molar-refractivity contribution in [1.29, 1.82) is 0 Å². The second-order valence-electron chi connectivity index (χ2n) is 3.76. The van der Waals surface area contributed by atoms with Crippen LogP contribution in [0.3, 0.4) is 0 Å². The molecule has 0 aliphatic heterocycles. The maximum atomic E-state index is 13.0. The molecule has 5 heteroatoms. The summed E-state index contributed by atoms with van der Waals surface area (Å²) < 4.78 is 27.7. The van der Waals surface area contributed by atoms with Crippen molar-refractivity contribution in [3.8, 4) is 0 Å². The molecule has 2 N–H and O–H groups in total. The molecule has 2 rings (SSSR count). The van der Waals surface area contributed by atoms with E-state index in [1.165, 1.54) is 6.07 Å². The van der Waals surface area contributed by atoms with Gasteiger partial charge in [0.2, 0.25) is 0 Å². The molecule has 0 atom stereocenters. The topological polar surface area (TPSA) is 43.8 Å². The van der Waals surface area contributed by atoms with Crippen LogP contribution in [0, 0.1) is 11.6 Å². The van der Waals surface area contributed by atoms with Crippen LogP contribution in [0.4, 0.5) is 8.78 Å². The lowest BCUT2D eigenvalue weighted by atomic mass is 10.2. The smallest absolute Gasteiger partial charge is 0.159 e. The Kier molecular flexibility index (Phi) is 3.49. The van der Waals surface area contributed by atoms with Crippen LogP contribution in [0.2, 0.25) is 0 Å². The van der Waals surface area contributed by atoms with E-state index < -0.39 is 11.6 Å². The Morgan fingerprint density at radius 1 is 1.24 bits per heavy atom. The minimum absolute atomic E-state index is 0.465. The summed E-state index contributed by atoms with van der Waals surface area (Å²) in [6.07, 6.45) is 4.13. The first-order chi connectivity index (χ1) is 8.20. The summed E-state index contributed by atoms with van der Waals surface area (Å²) in [6, 6.07) is 3.89. The molecule has 3 nitrogen and oxygen atoms in total. The van der Waals surface area contributed by atoms with E-state index in [9.17, 15) is 8.78 Å². The van der Waals surface area contributed by atoms with Crippen LogP contribution in [0.25, 0.3) is 0 Å². The van der Waals surface area contributed by atoms with E-state index in [1.54, 1.807) is 18.5 Å². The summed E-state index contributed by atoms with van der Waals surface area (Å²) in [7, 11) is 0. The Bertz CT molecular complexity index is 508. The molecule has 1 heterocycles. The fraction of sp³-hybridized carbons (Fsp3) is 0.250. The van der Waals surface area contributed by atoms with Gasteiger partial charge < -0.3 is 10.3 Å². The predicted molar refractivity (Wildman–Crippen MR) is 60.4 cm³/mol. The van der Waals surface area contributed by atoms with Crippen molar-refractivity contribution in [3.05, 3.63) is 53.6 Å². The molecule has 0 radical (unpaired) electrons. The number of imidazole rings is 1. The third-order valence-electron chi connectivity index (χ3n) is 2.51. The first-order valence-corrected chi connectivity index (χ1v) is 5.34. The summed E-state index contributed by atoms with van der Waals surface area (Å²) in [5, 5.41) is 0. The highest BCUT2D eigenvalue weighted by Gasteiger charge is 2.05. The number of nitrogens with zero attached hydrogens (tertiary/aromatic N) is 2. The lowest BCUT2D eigenvalue weighted by molar-refractivity contribution is 0.506. The lowest BCUT2D eigenvalue weighted by Crippen LogP contribution is -2.10. The van der Waals surface area contributed by atoms with Crippen LogP contribution in [-0.4, -0.2) is 16.1 Å². The number of halogens is 2. The minimum Gasteiger partial charge on any atom is -0.330 e. The van der Waals surface area contributed by atoms with Crippen molar-refractivity contribution in [2.24, 2.45) is 5.73 Å². The van der Waals surface area contributed by atoms with Crippen molar-refractivity contribution in [2.75, 3.05) is 6.54 Å². The van der Waals surface area contributed by atoms with Crippen LogP contribution < -0.4 is 5.73 Å². The highest BCUT2D eigenvalue weighted by Crippen LogP contribution is 2.11. The molecule has 0 amide bonds. The number of aromatic nitrogens is 2. The fourth-order valence-electron chi connectivity index (χ4n) is 1.68. The minimum atomic E-state index is -0.832. The fourth-order valence-corrected chi connectivity index (χ4v) is 1.68. The van der Waals surface area contributed by atoms with Crippen LogP contribution in [0.5, 0.6) is 0 Å². The Morgan fingerprint density at radius 2 is 2.06 bits per heavy atom. The maximum absolute atomic E-state index is 13.0. The monoisotopic (exact) mass is 237 g/mol. The molecule has 0 aliphatic carbocycles. The molecule has 0 fully saturated rings. The quantitative estimate of drug-likeness (QED) is 0.879. The van der Waals surface area contributed by atoms with Gasteiger partial charge in [-0.2, -0.15) is 0 Å². The normalized spacial score (nSPS) is 10.8. The molecule has 0 saturated heterocycles. The molecule has 0 saturated carbocycles. The third kappa shape index (κ3) is 2.68. The van der Waals surface area contributed by atoms with Gasteiger partial charge in [0.15, 0.2) is 11.6 Å². The standard InChI is InChI=1S/C12H13F2N3/c13-10-2-1-9(7-11(10)14)8-17-6-5-16-12(17)3-4-15/h1-2,5-7H,3-4,8,15H2. The van der Waals surface area contributed by atoms with E-state index in [-0.39, 0.29) is 0 Å². The molecular weight excluding hydrogens is 224 g/mol. The second-order valence-corrected chi connectivity index (χ2v) is 3.76. The van der Waals surface area contributed by atoms with Crippen LogP contribution in [0.1, 0.15) is 11.4 Å². The Morgan fingerprint density at radius 3 is 2.76 bits per heavy atom. The van der Waals surface area contributed by atoms with Crippen LogP contribution >= 0.6 is 0 Å². The molecule has 1 aromatic heterocycles. The molecule has 2 aromatic rings. The Balaban J connectivity index is 2.19. The van der Waals surface area contributed by atoms with E-state index in [2.05, 4.69) is 4.98 Å². The first-order valence-electron chi connectivity index (χ1n) is 5.34. The zero-order valence-corrected chi connectivity index (χ0v) is 9.24. The molecule has 0 unspecified atom stereocenters. The third-order valence-corrected chi connectivity index (χ3v) is 2.51. The zero-order chi connectivity index (χ0) is 12.3. The molecule has 0 spiro atoms. The summed E-state index contributed by atoms with van der Waals surface area (Å²) in [5.74, 6) is -0.818. The average Bonchev–Trinajstić information content (AvgIpc) is 2.72. The second kappa shape index (κ2) is 5.05. The lowest BCUT2D eigenvalue weighted by Gasteiger charge is -2.07. The molecule has 1 aromatic carbocycles. The van der Waals surface area contributed by atoms with Gasteiger partial charge in [0.05, 0.1) is 0 Å². The number of hydrogen-bond acceptors (Lipinski definition) is 2. The number of benzene rings is 1. The predicted octanol–water partition coefficient (Wildman–Crippen LogP) is 1.71. The van der Waals surface area contributed by atoms with Gasteiger partial charge in [-0.05, 0) is 24.2 Å². The molecule has 0 aliphatic rings. The van der Waals surface area contributed by atoms with Crippen molar-refractivity contribution in [1.82, 2.24) is 9.55 Å². The van der Waals surface area contributed by atoms with E-state index in [0.717, 1.165) is 11.9 Å². The van der Waals surface area contributed by atoms with Gasteiger partial charge in [-0.25, -0.2) is 13.8 Å². The number of rotatable bonds is 4. The van der Waals surface area contributed by atoms with E-state index >= 15 is 0 Å². The Labute approximate surface area is 97.9 Å². The van der Waals surface area contributed by atoms with Gasteiger partial charge in [0, 0.05) is 25.4 Å². The van der Waals surface area contributed by atoms with Crippen molar-refractivity contribution < 1.29 is 8.78 Å². The van der Waals surface area contributed by atoms with Crippen molar-refractivity contribution in [2.45, 2.75) is 13.0 Å². The van der Waals surface area contributed by atoms with Gasteiger partial charge in [0.1, 0.15) is 5.82 Å². The average molecular weight is 237 g/mol. The highest BCUT2D eigenvalue weighted by molar-refractivity contribution is 5.18. The van der Waals surface area contributed by atoms with Gasteiger partial charge >= 0.3 is 0 Å². The van der Waals surface area contributed by atoms with E-state index in [4.69, 9.17) is 5.73 Å². The Hall–Kier alpha value is -1.75. The SMILES string of the molecule is NCCc1nccn1Cc1ccc(F)c(F)c1. The van der Waals surface area contributed by atoms with Crippen LogP contribution in [-0.2, 0) is 13.0 Å². The molecular formula is C12H13F2N3. The first kappa shape index (κ1) is 11.7. The molecule has 17 heavy (non-hydrogen) atoms. The van der Waals surface area contributed by atoms with Crippen LogP contribution in [0.15, 0.2) is 30.6 Å². The maximum Gasteiger partial charge on any atom is 0.159 e. The van der Waals surface area contributed by atoms with Gasteiger partial charge in [0.25, 0.3) is 0 Å². The van der Waals surface area contributed by atoms with Crippen molar-refractivity contribution in [3.63, 3.8) is 0 Å². The largest absolute Gasteiger partial charge is 0.330 e. The summed E-state index contributed by atoms with van der Waals surface area (Å²) in [4.78, 5) is 4.16. The van der Waals surface area contributed by atoms with Gasteiger partial charge in [-0.1, -0.05) is 6.07 Å². The summed E-state index contributed by atoms with van der Waals surface area (Å²) in [6.45, 7) is 0.974.